The third kappa shape index (κ3) is 3.61. The van der Waals surface area contributed by atoms with E-state index in [4.69, 9.17) is 4.74 Å². The fourth-order valence-electron chi connectivity index (χ4n) is 1.39. The van der Waals surface area contributed by atoms with Crippen molar-refractivity contribution in [1.82, 2.24) is 0 Å². The molecule has 2 nitrogen and oxygen atoms in total. The molecule has 0 saturated carbocycles. The lowest BCUT2D eigenvalue weighted by Gasteiger charge is -2.21. The largest absolute Gasteiger partial charge is 0.495 e. The quantitative estimate of drug-likeness (QED) is 0.836. The number of hydrogen-bond donors (Lipinski definition) is 1. The molecule has 1 aromatic carbocycles. The van der Waals surface area contributed by atoms with Crippen LogP contribution in [-0.4, -0.2) is 26.5 Å². The van der Waals surface area contributed by atoms with E-state index in [1.54, 1.807) is 7.11 Å². The highest BCUT2D eigenvalue weighted by Gasteiger charge is 2.07. The molecule has 0 fully saturated rings. The number of nitrogens with zero attached hydrogens (tertiary/aromatic N) is 1. The van der Waals surface area contributed by atoms with Gasteiger partial charge in [-0.2, -0.15) is 12.6 Å². The Bertz CT molecular complexity index is 319. The first kappa shape index (κ1) is 12.7. The van der Waals surface area contributed by atoms with E-state index < -0.39 is 0 Å². The van der Waals surface area contributed by atoms with Crippen LogP contribution < -0.4 is 9.64 Å². The molecular weight excluding hydrogens is 274 g/mol. The van der Waals surface area contributed by atoms with E-state index in [1.807, 2.05) is 12.1 Å². The van der Waals surface area contributed by atoms with Crippen molar-refractivity contribution in [2.45, 2.75) is 6.42 Å². The Morgan fingerprint density at radius 1 is 1.47 bits per heavy atom. The Kier molecular flexibility index (Phi) is 5.32. The zero-order valence-corrected chi connectivity index (χ0v) is 11.5. The number of anilines is 1. The summed E-state index contributed by atoms with van der Waals surface area (Å²) in [5.74, 6) is 1.81. The Labute approximate surface area is 105 Å². The van der Waals surface area contributed by atoms with E-state index >= 15 is 0 Å². The summed E-state index contributed by atoms with van der Waals surface area (Å²) in [6.45, 7) is 0.982. The van der Waals surface area contributed by atoms with E-state index in [1.165, 1.54) is 0 Å². The molecule has 0 N–H and O–H groups in total. The molecule has 0 atom stereocenters. The smallest absolute Gasteiger partial charge is 0.142 e. The lowest BCUT2D eigenvalue weighted by molar-refractivity contribution is 0.414. The molecule has 1 aromatic rings. The topological polar surface area (TPSA) is 12.5 Å². The molecule has 0 bridgehead atoms. The van der Waals surface area contributed by atoms with E-state index in [2.05, 4.69) is 46.6 Å². The van der Waals surface area contributed by atoms with Crippen LogP contribution in [0.2, 0.25) is 0 Å². The van der Waals surface area contributed by atoms with Crippen LogP contribution in [-0.2, 0) is 0 Å². The van der Waals surface area contributed by atoms with Crippen LogP contribution in [0.25, 0.3) is 0 Å². The highest BCUT2D eigenvalue weighted by molar-refractivity contribution is 9.10. The van der Waals surface area contributed by atoms with Crippen molar-refractivity contribution in [2.75, 3.05) is 31.4 Å². The first-order chi connectivity index (χ1) is 7.19. The number of hydrogen-bond acceptors (Lipinski definition) is 3. The second-order valence-corrected chi connectivity index (χ2v) is 4.68. The van der Waals surface area contributed by atoms with Gasteiger partial charge in [-0.15, -0.1) is 0 Å². The van der Waals surface area contributed by atoms with Gasteiger partial charge in [-0.3, -0.25) is 0 Å². The number of thiol groups is 1. The lowest BCUT2D eigenvalue weighted by atomic mass is 10.2. The molecule has 4 heteroatoms. The van der Waals surface area contributed by atoms with Gasteiger partial charge in [0, 0.05) is 18.1 Å². The fraction of sp³-hybridized carbons (Fsp3) is 0.455. The molecule has 0 saturated heterocycles. The van der Waals surface area contributed by atoms with Crippen molar-refractivity contribution in [1.29, 1.82) is 0 Å². The van der Waals surface area contributed by atoms with Gasteiger partial charge in [-0.1, -0.05) is 15.9 Å². The van der Waals surface area contributed by atoms with Gasteiger partial charge in [0.1, 0.15) is 5.75 Å². The summed E-state index contributed by atoms with van der Waals surface area (Å²) >= 11 is 7.67. The predicted octanol–water partition coefficient (Wildman–Crippen LogP) is 3.21. The van der Waals surface area contributed by atoms with Gasteiger partial charge >= 0.3 is 0 Å². The minimum absolute atomic E-state index is 0.903. The number of benzene rings is 1. The molecule has 0 heterocycles. The molecule has 0 aliphatic heterocycles. The number of halogens is 1. The van der Waals surface area contributed by atoms with Gasteiger partial charge < -0.3 is 9.64 Å². The monoisotopic (exact) mass is 289 g/mol. The van der Waals surface area contributed by atoms with Crippen molar-refractivity contribution in [3.63, 3.8) is 0 Å². The molecule has 0 aliphatic rings. The van der Waals surface area contributed by atoms with Crippen LogP contribution in [0.1, 0.15) is 6.42 Å². The summed E-state index contributed by atoms with van der Waals surface area (Å²) in [7, 11) is 3.76. The molecule has 84 valence electrons. The molecule has 0 amide bonds. The van der Waals surface area contributed by atoms with Gasteiger partial charge in [0.15, 0.2) is 0 Å². The van der Waals surface area contributed by atoms with Crippen LogP contribution >= 0.6 is 28.6 Å². The summed E-state index contributed by atoms with van der Waals surface area (Å²) in [6, 6.07) is 6.02. The summed E-state index contributed by atoms with van der Waals surface area (Å²) < 4.78 is 6.39. The van der Waals surface area contributed by atoms with Crippen molar-refractivity contribution in [2.24, 2.45) is 0 Å². The predicted molar refractivity (Wildman–Crippen MR) is 72.4 cm³/mol. The Hall–Kier alpha value is -0.350. The fourth-order valence-corrected chi connectivity index (χ4v) is 1.88. The van der Waals surface area contributed by atoms with Gasteiger partial charge in [-0.05, 0) is 30.4 Å². The highest BCUT2D eigenvalue weighted by Crippen LogP contribution is 2.30. The second kappa shape index (κ2) is 6.28. The Morgan fingerprint density at radius 2 is 2.20 bits per heavy atom. The molecular formula is C11H16BrNOS. The highest BCUT2D eigenvalue weighted by atomic mass is 79.9. The van der Waals surface area contributed by atoms with Crippen LogP contribution in [0, 0.1) is 0 Å². The van der Waals surface area contributed by atoms with Gasteiger partial charge in [0.25, 0.3) is 0 Å². The maximum Gasteiger partial charge on any atom is 0.142 e. The van der Waals surface area contributed by atoms with Crippen LogP contribution in [0.4, 0.5) is 5.69 Å². The van der Waals surface area contributed by atoms with E-state index in [9.17, 15) is 0 Å². The number of rotatable bonds is 5. The molecule has 1 rings (SSSR count). The van der Waals surface area contributed by atoms with E-state index in [-0.39, 0.29) is 0 Å². The number of ether oxygens (including phenoxy) is 1. The summed E-state index contributed by atoms with van der Waals surface area (Å²) in [5, 5.41) is 0. The zero-order valence-electron chi connectivity index (χ0n) is 9.03. The van der Waals surface area contributed by atoms with Crippen LogP contribution in [0.15, 0.2) is 22.7 Å². The third-order valence-corrected chi connectivity index (χ3v) is 3.01. The standard InChI is InChI=1S/C11H16BrNOS/c1-13(6-3-7-15)10-8-9(12)4-5-11(10)14-2/h4-5,8,15H,3,6-7H2,1-2H3. The molecule has 0 radical (unpaired) electrons. The minimum Gasteiger partial charge on any atom is -0.495 e. The van der Waals surface area contributed by atoms with Gasteiger partial charge in [-0.25, -0.2) is 0 Å². The minimum atomic E-state index is 0.903. The van der Waals surface area contributed by atoms with E-state index in [0.717, 1.165) is 34.6 Å². The summed E-state index contributed by atoms with van der Waals surface area (Å²) in [4.78, 5) is 2.18. The van der Waals surface area contributed by atoms with Gasteiger partial charge in [0.05, 0.1) is 12.8 Å². The normalized spacial score (nSPS) is 10.1. The third-order valence-electron chi connectivity index (χ3n) is 2.20. The summed E-state index contributed by atoms with van der Waals surface area (Å²) in [5.41, 5.74) is 1.11. The average molecular weight is 290 g/mol. The number of methoxy groups -OCH3 is 1. The van der Waals surface area contributed by atoms with Crippen molar-refractivity contribution < 1.29 is 4.74 Å². The first-order valence-corrected chi connectivity index (χ1v) is 6.27. The second-order valence-electron chi connectivity index (χ2n) is 3.31. The SMILES string of the molecule is COc1ccc(Br)cc1N(C)CCCS. The van der Waals surface area contributed by atoms with Crippen molar-refractivity contribution in [3.8, 4) is 5.75 Å². The Morgan fingerprint density at radius 3 is 2.80 bits per heavy atom. The molecule has 0 spiro atoms. The maximum absolute atomic E-state index is 5.32. The van der Waals surface area contributed by atoms with Crippen LogP contribution in [0.5, 0.6) is 5.75 Å². The van der Waals surface area contributed by atoms with Crippen LogP contribution in [0.3, 0.4) is 0 Å². The zero-order chi connectivity index (χ0) is 11.3. The van der Waals surface area contributed by atoms with Gasteiger partial charge in [0.2, 0.25) is 0 Å². The first-order valence-electron chi connectivity index (χ1n) is 4.84. The van der Waals surface area contributed by atoms with E-state index in [0.29, 0.717) is 0 Å². The molecule has 0 unspecified atom stereocenters. The lowest BCUT2D eigenvalue weighted by Crippen LogP contribution is -2.19. The molecule has 0 aromatic heterocycles. The molecule has 15 heavy (non-hydrogen) atoms. The van der Waals surface area contributed by atoms with Crippen molar-refractivity contribution >= 4 is 34.2 Å². The Balaban J connectivity index is 2.85. The van der Waals surface area contributed by atoms with Crippen molar-refractivity contribution in [3.05, 3.63) is 22.7 Å². The summed E-state index contributed by atoms with van der Waals surface area (Å²) in [6.07, 6.45) is 1.06. The average Bonchev–Trinajstić information content (AvgIpc) is 2.25. The maximum atomic E-state index is 5.32. The molecule has 0 aliphatic carbocycles.